The highest BCUT2D eigenvalue weighted by Gasteiger charge is 2.17. The van der Waals surface area contributed by atoms with Crippen molar-refractivity contribution in [2.24, 2.45) is 0 Å². The maximum atomic E-state index is 12.2. The molecule has 122 valence electrons. The predicted molar refractivity (Wildman–Crippen MR) is 101 cm³/mol. The second-order valence-electron chi connectivity index (χ2n) is 4.70. The van der Waals surface area contributed by atoms with Crippen LogP contribution >= 0.6 is 45.8 Å². The van der Waals surface area contributed by atoms with Crippen LogP contribution in [0.5, 0.6) is 0 Å². The molecule has 0 unspecified atom stereocenters. The molecule has 4 nitrogen and oxygen atoms in total. The highest BCUT2D eigenvalue weighted by Crippen LogP contribution is 2.24. The van der Waals surface area contributed by atoms with Gasteiger partial charge in [0.1, 0.15) is 0 Å². The number of hydrogen-bond donors (Lipinski definition) is 1. The Bertz CT molecular complexity index is 823. The van der Waals surface area contributed by atoms with Gasteiger partial charge in [-0.2, -0.15) is 0 Å². The Morgan fingerprint density at radius 1 is 1.09 bits per heavy atom. The first-order chi connectivity index (χ1) is 10.8. The number of benzene rings is 2. The Hall–Kier alpha value is -0.830. The Balaban J connectivity index is 1.99. The topological polar surface area (TPSA) is 63.2 Å². The number of sulfone groups is 1. The molecule has 0 aliphatic carbocycles. The zero-order chi connectivity index (χ0) is 17.0. The lowest BCUT2D eigenvalue weighted by atomic mass is 10.3. The van der Waals surface area contributed by atoms with E-state index < -0.39 is 15.7 Å². The number of carbonyl (C=O) groups excluding carboxylic acids is 1. The third-order valence-electron chi connectivity index (χ3n) is 2.98. The zero-order valence-corrected chi connectivity index (χ0v) is 16.2. The molecule has 0 aromatic heterocycles. The number of hydrogen-bond acceptors (Lipinski definition) is 3. The minimum absolute atomic E-state index is 0.141. The predicted octanol–water partition coefficient (Wildman–Crippen LogP) is 4.40. The van der Waals surface area contributed by atoms with Gasteiger partial charge in [0.05, 0.1) is 21.4 Å². The fraction of sp³-hybridized carbons (Fsp3) is 0.133. The van der Waals surface area contributed by atoms with Gasteiger partial charge in [-0.3, -0.25) is 4.79 Å². The average Bonchev–Trinajstić information content (AvgIpc) is 2.49. The summed E-state index contributed by atoms with van der Waals surface area (Å²) in [6.45, 7) is 0. The number of halogens is 3. The molecule has 2 rings (SSSR count). The van der Waals surface area contributed by atoms with E-state index in [0.717, 1.165) is 3.57 Å². The molecule has 0 aliphatic heterocycles. The first-order valence-electron chi connectivity index (χ1n) is 6.51. The number of carbonyl (C=O) groups is 1. The molecule has 0 spiro atoms. The quantitative estimate of drug-likeness (QED) is 0.641. The van der Waals surface area contributed by atoms with Crippen LogP contribution in [0.25, 0.3) is 0 Å². The molecule has 0 heterocycles. The lowest BCUT2D eigenvalue weighted by molar-refractivity contribution is -0.115. The molecule has 0 saturated carbocycles. The van der Waals surface area contributed by atoms with E-state index in [1.54, 1.807) is 18.2 Å². The summed E-state index contributed by atoms with van der Waals surface area (Å²) >= 11 is 13.9. The van der Waals surface area contributed by atoms with Crippen LogP contribution in [-0.4, -0.2) is 20.1 Å². The van der Waals surface area contributed by atoms with Gasteiger partial charge in [-0.1, -0.05) is 23.2 Å². The molecule has 0 radical (unpaired) electrons. The van der Waals surface area contributed by atoms with Crippen molar-refractivity contribution in [2.45, 2.75) is 11.3 Å². The third kappa shape index (κ3) is 5.34. The van der Waals surface area contributed by atoms with Gasteiger partial charge in [0.2, 0.25) is 5.91 Å². The van der Waals surface area contributed by atoms with E-state index in [1.807, 2.05) is 0 Å². The van der Waals surface area contributed by atoms with Gasteiger partial charge in [0, 0.05) is 15.0 Å². The van der Waals surface area contributed by atoms with Crippen LogP contribution in [0.4, 0.5) is 5.69 Å². The molecule has 0 aliphatic rings. The highest BCUT2D eigenvalue weighted by molar-refractivity contribution is 14.1. The van der Waals surface area contributed by atoms with Crippen LogP contribution in [0.2, 0.25) is 10.0 Å². The van der Waals surface area contributed by atoms with Gasteiger partial charge >= 0.3 is 0 Å². The van der Waals surface area contributed by atoms with E-state index in [2.05, 4.69) is 27.9 Å². The van der Waals surface area contributed by atoms with E-state index in [-0.39, 0.29) is 17.1 Å². The first kappa shape index (κ1) is 18.5. The Morgan fingerprint density at radius 3 is 2.35 bits per heavy atom. The van der Waals surface area contributed by atoms with Crippen LogP contribution < -0.4 is 5.32 Å². The summed E-state index contributed by atoms with van der Waals surface area (Å²) in [5.74, 6) is -0.701. The fourth-order valence-corrected chi connectivity index (χ4v) is 4.06. The SMILES string of the molecule is O=C(CCS(=O)(=O)c1ccc(Cl)cc1)Nc1ccc(I)cc1Cl. The molecular weight excluding hydrogens is 472 g/mol. The molecule has 23 heavy (non-hydrogen) atoms. The lowest BCUT2D eigenvalue weighted by Gasteiger charge is -2.08. The minimum Gasteiger partial charge on any atom is -0.325 e. The van der Waals surface area contributed by atoms with Crippen LogP contribution in [0, 0.1) is 3.57 Å². The Kier molecular flexibility index (Phi) is 6.30. The molecule has 0 atom stereocenters. The van der Waals surface area contributed by atoms with Crippen LogP contribution in [0.1, 0.15) is 6.42 Å². The van der Waals surface area contributed by atoms with E-state index >= 15 is 0 Å². The normalized spacial score (nSPS) is 11.3. The van der Waals surface area contributed by atoms with Crippen molar-refractivity contribution in [3.8, 4) is 0 Å². The van der Waals surface area contributed by atoms with Crippen molar-refractivity contribution in [2.75, 3.05) is 11.1 Å². The van der Waals surface area contributed by atoms with Crippen molar-refractivity contribution < 1.29 is 13.2 Å². The molecule has 1 amide bonds. The molecule has 8 heteroatoms. The molecule has 0 saturated heterocycles. The van der Waals surface area contributed by atoms with Crippen LogP contribution in [-0.2, 0) is 14.6 Å². The lowest BCUT2D eigenvalue weighted by Crippen LogP contribution is -2.17. The fourth-order valence-electron chi connectivity index (χ4n) is 1.79. The molecule has 1 N–H and O–H groups in total. The number of anilines is 1. The summed E-state index contributed by atoms with van der Waals surface area (Å²) in [6.07, 6.45) is -0.159. The number of amides is 1. The third-order valence-corrected chi connectivity index (χ3v) is 5.94. The second-order valence-corrected chi connectivity index (χ2v) is 8.89. The highest BCUT2D eigenvalue weighted by atomic mass is 127. The molecule has 2 aromatic rings. The van der Waals surface area contributed by atoms with Gasteiger partial charge in [-0.15, -0.1) is 0 Å². The van der Waals surface area contributed by atoms with Gasteiger partial charge < -0.3 is 5.32 Å². The van der Waals surface area contributed by atoms with Crippen molar-refractivity contribution >= 4 is 67.2 Å². The molecule has 0 fully saturated rings. The summed E-state index contributed by atoms with van der Waals surface area (Å²) in [7, 11) is -3.53. The maximum Gasteiger partial charge on any atom is 0.225 e. The van der Waals surface area contributed by atoms with Crippen molar-refractivity contribution in [1.29, 1.82) is 0 Å². The number of rotatable bonds is 5. The average molecular weight is 484 g/mol. The number of nitrogens with one attached hydrogen (secondary N) is 1. The van der Waals surface area contributed by atoms with E-state index in [0.29, 0.717) is 15.7 Å². The summed E-state index contributed by atoms with van der Waals surface area (Å²) in [4.78, 5) is 12.1. The molecular formula is C15H12Cl2INO3S. The van der Waals surface area contributed by atoms with E-state index in [9.17, 15) is 13.2 Å². The Labute approximate surface area is 158 Å². The van der Waals surface area contributed by atoms with Crippen LogP contribution in [0.3, 0.4) is 0 Å². The molecule has 2 aromatic carbocycles. The minimum atomic E-state index is -3.53. The van der Waals surface area contributed by atoms with E-state index in [1.165, 1.54) is 24.3 Å². The van der Waals surface area contributed by atoms with Gasteiger partial charge in [0.25, 0.3) is 0 Å². The summed E-state index contributed by atoms with van der Waals surface area (Å²) in [5.41, 5.74) is 0.459. The maximum absolute atomic E-state index is 12.2. The van der Waals surface area contributed by atoms with Gasteiger partial charge in [0.15, 0.2) is 9.84 Å². The zero-order valence-electron chi connectivity index (χ0n) is 11.7. The smallest absolute Gasteiger partial charge is 0.225 e. The van der Waals surface area contributed by atoms with E-state index in [4.69, 9.17) is 23.2 Å². The summed E-state index contributed by atoms with van der Waals surface area (Å²) < 4.78 is 25.3. The van der Waals surface area contributed by atoms with Gasteiger partial charge in [-0.25, -0.2) is 8.42 Å². The summed E-state index contributed by atoms with van der Waals surface area (Å²) in [6, 6.07) is 11.0. The molecule has 0 bridgehead atoms. The van der Waals surface area contributed by atoms with Gasteiger partial charge in [-0.05, 0) is 65.1 Å². The van der Waals surface area contributed by atoms with Crippen molar-refractivity contribution in [3.05, 3.63) is 56.1 Å². The van der Waals surface area contributed by atoms with Crippen LogP contribution in [0.15, 0.2) is 47.4 Å². The monoisotopic (exact) mass is 483 g/mol. The largest absolute Gasteiger partial charge is 0.325 e. The standard InChI is InChI=1S/C15H12Cl2INO3S/c16-10-1-4-12(5-2-10)23(21,22)8-7-15(20)19-14-6-3-11(18)9-13(14)17/h1-6,9H,7-8H2,(H,19,20). The van der Waals surface area contributed by atoms with Crippen molar-refractivity contribution in [1.82, 2.24) is 0 Å². The van der Waals surface area contributed by atoms with Crippen molar-refractivity contribution in [3.63, 3.8) is 0 Å². The first-order valence-corrected chi connectivity index (χ1v) is 10.00. The summed E-state index contributed by atoms with van der Waals surface area (Å²) in [5, 5.41) is 3.47. The second kappa shape index (κ2) is 7.83. The Morgan fingerprint density at radius 2 is 1.74 bits per heavy atom.